The van der Waals surface area contributed by atoms with Gasteiger partial charge in [-0.1, -0.05) is 18.2 Å². The molecule has 4 bridgehead atoms. The molecule has 3 heteroatoms. The van der Waals surface area contributed by atoms with Gasteiger partial charge >= 0.3 is 0 Å². The van der Waals surface area contributed by atoms with Crippen molar-refractivity contribution in [3.8, 4) is 0 Å². The number of aryl methyl sites for hydroxylation is 1. The normalized spacial score (nSPS) is 38.3. The molecule has 0 aromatic heterocycles. The molecule has 138 valence electrons. The van der Waals surface area contributed by atoms with E-state index in [4.69, 9.17) is 0 Å². The summed E-state index contributed by atoms with van der Waals surface area (Å²) in [4.78, 5) is 0. The molecule has 0 radical (unpaired) electrons. The lowest BCUT2D eigenvalue weighted by molar-refractivity contribution is -0.0355. The van der Waals surface area contributed by atoms with Crippen LogP contribution in [0.5, 0.6) is 0 Å². The van der Waals surface area contributed by atoms with Crippen LogP contribution in [0.15, 0.2) is 18.2 Å². The van der Waals surface area contributed by atoms with Gasteiger partial charge in [0.25, 0.3) is 0 Å². The number of fused-ring (bicyclic) bond motifs is 1. The van der Waals surface area contributed by atoms with Crippen LogP contribution in [0.1, 0.15) is 67.8 Å². The molecule has 1 nitrogen and oxygen atoms in total. The van der Waals surface area contributed by atoms with Crippen molar-refractivity contribution in [3.63, 3.8) is 0 Å². The standard InChI is InChI=1S/C22H30FN.ClH/c23-22-3-1-2-17-7-14(4-5-20(17)22)12-24-13-21-18-8-15-6-16(10-18)11-19(21)9-15;/h4-5,7,15-16,18-19,21-22,24H,1-3,6,8-13H2;1H. The van der Waals surface area contributed by atoms with Crippen LogP contribution in [0.25, 0.3) is 0 Å². The van der Waals surface area contributed by atoms with Crippen LogP contribution in [0.3, 0.4) is 0 Å². The number of rotatable bonds is 4. The van der Waals surface area contributed by atoms with Crippen LogP contribution < -0.4 is 5.32 Å². The Hall–Kier alpha value is -0.600. The molecule has 5 aliphatic carbocycles. The van der Waals surface area contributed by atoms with E-state index in [1.54, 1.807) is 0 Å². The number of halogens is 2. The SMILES string of the molecule is Cl.FC1CCCc2cc(CNCC3C4CC5CC(C4)CC3C5)ccc21. The summed E-state index contributed by atoms with van der Waals surface area (Å²) in [7, 11) is 0. The summed E-state index contributed by atoms with van der Waals surface area (Å²) in [5.74, 6) is 5.07. The number of benzene rings is 1. The second-order valence-corrected chi connectivity index (χ2v) is 9.12. The van der Waals surface area contributed by atoms with Gasteiger partial charge in [0, 0.05) is 6.54 Å². The molecular weight excluding hydrogens is 333 g/mol. The molecule has 4 fully saturated rings. The third kappa shape index (κ3) is 3.37. The average Bonchev–Trinajstić information content (AvgIpc) is 2.57. The van der Waals surface area contributed by atoms with Crippen LogP contribution >= 0.6 is 12.4 Å². The van der Waals surface area contributed by atoms with Crippen molar-refractivity contribution in [2.75, 3.05) is 6.54 Å². The molecule has 0 heterocycles. The molecule has 0 spiro atoms. The van der Waals surface area contributed by atoms with E-state index in [1.807, 2.05) is 6.07 Å². The molecule has 1 unspecified atom stereocenters. The monoisotopic (exact) mass is 363 g/mol. The molecule has 0 amide bonds. The fraction of sp³-hybridized carbons (Fsp3) is 0.727. The summed E-state index contributed by atoms with van der Waals surface area (Å²) in [6.45, 7) is 2.14. The number of hydrogen-bond donors (Lipinski definition) is 1. The van der Waals surface area contributed by atoms with Gasteiger partial charge in [0.05, 0.1) is 0 Å². The van der Waals surface area contributed by atoms with Gasteiger partial charge in [-0.25, -0.2) is 4.39 Å². The third-order valence-electron chi connectivity index (χ3n) is 7.58. The van der Waals surface area contributed by atoms with Crippen molar-refractivity contribution in [1.82, 2.24) is 5.32 Å². The van der Waals surface area contributed by atoms with Gasteiger partial charge in [0.15, 0.2) is 0 Å². The summed E-state index contributed by atoms with van der Waals surface area (Å²) < 4.78 is 14.0. The number of nitrogens with one attached hydrogen (secondary N) is 1. The Bertz CT molecular complexity index is 588. The first kappa shape index (κ1) is 17.8. The predicted octanol–water partition coefficient (Wildman–Crippen LogP) is 5.62. The maximum absolute atomic E-state index is 14.0. The van der Waals surface area contributed by atoms with Gasteiger partial charge in [-0.3, -0.25) is 0 Å². The molecule has 1 aromatic rings. The molecule has 0 saturated heterocycles. The molecule has 5 aliphatic rings. The minimum absolute atomic E-state index is 0. The first-order chi connectivity index (χ1) is 11.8. The topological polar surface area (TPSA) is 12.0 Å². The maximum Gasteiger partial charge on any atom is 0.125 e. The van der Waals surface area contributed by atoms with E-state index >= 15 is 0 Å². The molecule has 4 saturated carbocycles. The van der Waals surface area contributed by atoms with Crippen molar-refractivity contribution < 1.29 is 4.39 Å². The van der Waals surface area contributed by atoms with E-state index in [9.17, 15) is 4.39 Å². The lowest BCUT2D eigenvalue weighted by Crippen LogP contribution is -2.48. The van der Waals surface area contributed by atoms with Crippen molar-refractivity contribution in [1.29, 1.82) is 0 Å². The largest absolute Gasteiger partial charge is 0.312 e. The summed E-state index contributed by atoms with van der Waals surface area (Å²) in [5, 5.41) is 3.75. The molecular formula is C22H31ClFN. The highest BCUT2D eigenvalue weighted by Crippen LogP contribution is 2.56. The Morgan fingerprint density at radius 1 is 1.00 bits per heavy atom. The average molecular weight is 364 g/mol. The van der Waals surface area contributed by atoms with E-state index < -0.39 is 6.17 Å². The van der Waals surface area contributed by atoms with Crippen molar-refractivity contribution in [3.05, 3.63) is 34.9 Å². The third-order valence-corrected chi connectivity index (χ3v) is 7.58. The van der Waals surface area contributed by atoms with Gasteiger partial charge in [-0.2, -0.15) is 0 Å². The van der Waals surface area contributed by atoms with Crippen LogP contribution in [0, 0.1) is 29.6 Å². The van der Waals surface area contributed by atoms with E-state index in [0.717, 1.165) is 54.5 Å². The Balaban J connectivity index is 0.00000157. The van der Waals surface area contributed by atoms with Crippen molar-refractivity contribution in [2.24, 2.45) is 29.6 Å². The summed E-state index contributed by atoms with van der Waals surface area (Å²) in [6.07, 6.45) is 9.61. The molecule has 1 atom stereocenters. The maximum atomic E-state index is 14.0. The van der Waals surface area contributed by atoms with Crippen LogP contribution in [-0.2, 0) is 13.0 Å². The predicted molar refractivity (Wildman–Crippen MR) is 103 cm³/mol. The van der Waals surface area contributed by atoms with E-state index in [1.165, 1.54) is 49.8 Å². The minimum atomic E-state index is -0.733. The molecule has 6 rings (SSSR count). The van der Waals surface area contributed by atoms with Gasteiger partial charge in [0.1, 0.15) is 6.17 Å². The minimum Gasteiger partial charge on any atom is -0.312 e. The zero-order valence-corrected chi connectivity index (χ0v) is 15.9. The first-order valence-electron chi connectivity index (χ1n) is 10.2. The molecule has 1 N–H and O–H groups in total. The lowest BCUT2D eigenvalue weighted by Gasteiger charge is -2.54. The van der Waals surface area contributed by atoms with Crippen molar-refractivity contribution in [2.45, 2.75) is 64.1 Å². The van der Waals surface area contributed by atoms with Gasteiger partial charge in [0.2, 0.25) is 0 Å². The Labute approximate surface area is 157 Å². The quantitative estimate of drug-likeness (QED) is 0.732. The zero-order chi connectivity index (χ0) is 16.1. The van der Waals surface area contributed by atoms with E-state index in [2.05, 4.69) is 17.4 Å². The highest BCUT2D eigenvalue weighted by molar-refractivity contribution is 5.85. The number of alkyl halides is 1. The van der Waals surface area contributed by atoms with Crippen molar-refractivity contribution >= 4 is 12.4 Å². The smallest absolute Gasteiger partial charge is 0.125 e. The van der Waals surface area contributed by atoms with Crippen LogP contribution in [-0.4, -0.2) is 6.54 Å². The Morgan fingerprint density at radius 3 is 2.44 bits per heavy atom. The van der Waals surface area contributed by atoms with Crippen LogP contribution in [0.4, 0.5) is 4.39 Å². The summed E-state index contributed by atoms with van der Waals surface area (Å²) >= 11 is 0. The second-order valence-electron chi connectivity index (χ2n) is 9.12. The highest BCUT2D eigenvalue weighted by Gasteiger charge is 2.47. The van der Waals surface area contributed by atoms with Gasteiger partial charge in [-0.15, -0.1) is 12.4 Å². The van der Waals surface area contributed by atoms with E-state index in [0.29, 0.717) is 6.42 Å². The zero-order valence-electron chi connectivity index (χ0n) is 15.1. The first-order valence-corrected chi connectivity index (χ1v) is 10.2. The lowest BCUT2D eigenvalue weighted by atomic mass is 9.52. The molecule has 1 aromatic carbocycles. The van der Waals surface area contributed by atoms with Gasteiger partial charge < -0.3 is 5.32 Å². The summed E-state index contributed by atoms with van der Waals surface area (Å²) in [6, 6.07) is 6.44. The Kier molecular flexibility index (Phi) is 5.12. The van der Waals surface area contributed by atoms with Gasteiger partial charge in [-0.05, 0) is 104 Å². The highest BCUT2D eigenvalue weighted by atomic mass is 35.5. The molecule has 0 aliphatic heterocycles. The molecule has 25 heavy (non-hydrogen) atoms. The fourth-order valence-electron chi connectivity index (χ4n) is 6.67. The fourth-order valence-corrected chi connectivity index (χ4v) is 6.67. The van der Waals surface area contributed by atoms with E-state index in [-0.39, 0.29) is 12.4 Å². The van der Waals surface area contributed by atoms with Crippen LogP contribution in [0.2, 0.25) is 0 Å². The number of hydrogen-bond acceptors (Lipinski definition) is 1. The second kappa shape index (κ2) is 7.19. The Morgan fingerprint density at radius 2 is 1.72 bits per heavy atom. The summed E-state index contributed by atoms with van der Waals surface area (Å²) in [5.41, 5.74) is 3.54.